The van der Waals surface area contributed by atoms with Gasteiger partial charge in [-0.2, -0.15) is 0 Å². The summed E-state index contributed by atoms with van der Waals surface area (Å²) in [7, 11) is 0. The van der Waals surface area contributed by atoms with Crippen LogP contribution in [0.4, 0.5) is 14.9 Å². The lowest BCUT2D eigenvalue weighted by atomic mass is 10.0. The number of nitrogens with zero attached hydrogens (tertiary/aromatic N) is 2. The summed E-state index contributed by atoms with van der Waals surface area (Å²) in [4.78, 5) is 19.2. The summed E-state index contributed by atoms with van der Waals surface area (Å²) in [6.07, 6.45) is -0.198. The molecule has 0 saturated carbocycles. The number of para-hydroxylation sites is 1. The molecule has 1 fully saturated rings. The third-order valence-corrected chi connectivity index (χ3v) is 6.06. The number of hydrogen-bond donors (Lipinski definition) is 3. The molecule has 0 aliphatic carbocycles. The highest BCUT2D eigenvalue weighted by Crippen LogP contribution is 2.36. The van der Waals surface area contributed by atoms with Gasteiger partial charge in [0.05, 0.1) is 5.56 Å². The molecule has 0 bridgehead atoms. The molecule has 8 heteroatoms. The normalized spacial score (nSPS) is 19.6. The second-order valence-corrected chi connectivity index (χ2v) is 8.41. The Hall–Kier alpha value is -3.91. The molecule has 2 atom stereocenters. The van der Waals surface area contributed by atoms with E-state index in [1.807, 2.05) is 36.4 Å². The second-order valence-electron chi connectivity index (χ2n) is 8.41. The number of ether oxygens (including phenoxy) is 1. The molecule has 34 heavy (non-hydrogen) atoms. The standard InChI is InChI=1S/C26H25FN4O3/c27-18-10-11-22-21(14-18)25(30-24(29-22)20-8-4-5-9-23(20)32)31-13-12-19(15-31)28-26(33)34-16-17-6-2-1-3-7-17/h1-11,14,19,25,32H,12-13,15-16H2,(H,28,33)(H,29,30)/t19-,25?/m1/s1. The van der Waals surface area contributed by atoms with Crippen molar-refractivity contribution in [3.8, 4) is 5.75 Å². The van der Waals surface area contributed by atoms with E-state index in [4.69, 9.17) is 9.73 Å². The van der Waals surface area contributed by atoms with Gasteiger partial charge in [-0.05, 0) is 42.3 Å². The van der Waals surface area contributed by atoms with Gasteiger partial charge in [0, 0.05) is 30.4 Å². The monoisotopic (exact) mass is 460 g/mol. The topological polar surface area (TPSA) is 86.2 Å². The number of amides is 1. The minimum atomic E-state index is -0.467. The van der Waals surface area contributed by atoms with Crippen molar-refractivity contribution < 1.29 is 19.0 Å². The van der Waals surface area contributed by atoms with Crippen LogP contribution in [0.5, 0.6) is 5.75 Å². The van der Waals surface area contributed by atoms with Gasteiger partial charge in [0.25, 0.3) is 0 Å². The van der Waals surface area contributed by atoms with Crippen molar-refractivity contribution in [3.05, 3.63) is 95.3 Å². The number of nitrogens with one attached hydrogen (secondary N) is 2. The van der Waals surface area contributed by atoms with Crippen molar-refractivity contribution in [3.63, 3.8) is 0 Å². The number of phenolic OH excluding ortho intramolecular Hbond substituents is 1. The second kappa shape index (κ2) is 9.52. The highest BCUT2D eigenvalue weighted by molar-refractivity contribution is 6.11. The fourth-order valence-corrected chi connectivity index (χ4v) is 4.36. The predicted octanol–water partition coefficient (Wildman–Crippen LogP) is 4.40. The van der Waals surface area contributed by atoms with Gasteiger partial charge in [0.2, 0.25) is 0 Å². The van der Waals surface area contributed by atoms with Crippen LogP contribution >= 0.6 is 0 Å². The van der Waals surface area contributed by atoms with Crippen LogP contribution in [0.3, 0.4) is 0 Å². The SMILES string of the molecule is O=C(N[C@@H]1CCN(C2N=C(c3ccccc3O)Nc3ccc(F)cc32)C1)OCc1ccccc1. The van der Waals surface area contributed by atoms with Crippen LogP contribution in [0, 0.1) is 5.82 Å². The molecule has 3 aromatic carbocycles. The van der Waals surface area contributed by atoms with E-state index in [2.05, 4.69) is 15.5 Å². The van der Waals surface area contributed by atoms with E-state index in [0.717, 1.165) is 17.7 Å². The summed E-state index contributed by atoms with van der Waals surface area (Å²) < 4.78 is 19.5. The predicted molar refractivity (Wildman–Crippen MR) is 127 cm³/mol. The van der Waals surface area contributed by atoms with Gasteiger partial charge in [0.15, 0.2) is 0 Å². The zero-order chi connectivity index (χ0) is 23.5. The third kappa shape index (κ3) is 4.72. The van der Waals surface area contributed by atoms with Gasteiger partial charge in [-0.1, -0.05) is 42.5 Å². The molecule has 1 amide bonds. The maximum absolute atomic E-state index is 14.1. The van der Waals surface area contributed by atoms with Crippen molar-refractivity contribution in [1.82, 2.24) is 10.2 Å². The molecule has 174 valence electrons. The van der Waals surface area contributed by atoms with E-state index in [1.54, 1.807) is 24.3 Å². The van der Waals surface area contributed by atoms with E-state index in [0.29, 0.717) is 30.1 Å². The van der Waals surface area contributed by atoms with Gasteiger partial charge in [0.1, 0.15) is 30.2 Å². The Kier molecular flexibility index (Phi) is 6.14. The molecule has 3 N–H and O–H groups in total. The van der Waals surface area contributed by atoms with E-state index in [9.17, 15) is 14.3 Å². The van der Waals surface area contributed by atoms with Crippen LogP contribution in [0.25, 0.3) is 0 Å². The number of carbonyl (C=O) groups is 1. The van der Waals surface area contributed by atoms with Gasteiger partial charge < -0.3 is 20.5 Å². The Morgan fingerprint density at radius 1 is 1.15 bits per heavy atom. The molecule has 2 aliphatic rings. The Morgan fingerprint density at radius 2 is 1.94 bits per heavy atom. The number of aliphatic imine (C=N–C) groups is 1. The van der Waals surface area contributed by atoms with Crippen molar-refractivity contribution in [2.24, 2.45) is 4.99 Å². The highest BCUT2D eigenvalue weighted by Gasteiger charge is 2.34. The maximum Gasteiger partial charge on any atom is 0.407 e. The summed E-state index contributed by atoms with van der Waals surface area (Å²) >= 11 is 0. The number of alkyl carbamates (subject to hydrolysis) is 1. The lowest BCUT2D eigenvalue weighted by Crippen LogP contribution is -2.38. The quantitative estimate of drug-likeness (QED) is 0.525. The average Bonchev–Trinajstić information content (AvgIpc) is 3.31. The largest absolute Gasteiger partial charge is 0.507 e. The van der Waals surface area contributed by atoms with Crippen LogP contribution in [-0.2, 0) is 11.3 Å². The summed E-state index contributed by atoms with van der Waals surface area (Å²) in [6, 6.07) is 20.9. The van der Waals surface area contributed by atoms with Gasteiger partial charge >= 0.3 is 6.09 Å². The molecule has 3 aromatic rings. The molecule has 0 spiro atoms. The number of hydrogen-bond acceptors (Lipinski definition) is 6. The number of likely N-dealkylation sites (tertiary alicyclic amines) is 1. The molecular formula is C26H25FN4O3. The number of aromatic hydroxyl groups is 1. The first-order valence-corrected chi connectivity index (χ1v) is 11.2. The van der Waals surface area contributed by atoms with Crippen molar-refractivity contribution in [2.45, 2.75) is 25.2 Å². The first kappa shape index (κ1) is 21.9. The number of anilines is 1. The molecule has 2 heterocycles. The number of carbonyl (C=O) groups excluding carboxylic acids is 1. The van der Waals surface area contributed by atoms with Crippen LogP contribution in [-0.4, -0.2) is 41.1 Å². The Bertz CT molecular complexity index is 1220. The first-order chi connectivity index (χ1) is 16.6. The lowest BCUT2D eigenvalue weighted by molar-refractivity contribution is 0.135. The fourth-order valence-electron chi connectivity index (χ4n) is 4.36. The van der Waals surface area contributed by atoms with Crippen LogP contribution in [0.1, 0.15) is 29.3 Å². The van der Waals surface area contributed by atoms with Crippen LogP contribution < -0.4 is 10.6 Å². The van der Waals surface area contributed by atoms with E-state index in [1.165, 1.54) is 12.1 Å². The molecule has 1 saturated heterocycles. The molecule has 0 aromatic heterocycles. The minimum Gasteiger partial charge on any atom is -0.507 e. The summed E-state index contributed by atoms with van der Waals surface area (Å²) in [5, 5.41) is 16.5. The molecule has 2 aliphatic heterocycles. The molecular weight excluding hydrogens is 435 g/mol. The van der Waals surface area contributed by atoms with Crippen molar-refractivity contribution >= 4 is 17.6 Å². The van der Waals surface area contributed by atoms with Crippen molar-refractivity contribution in [1.29, 1.82) is 0 Å². The number of halogens is 1. The first-order valence-electron chi connectivity index (χ1n) is 11.2. The van der Waals surface area contributed by atoms with E-state index in [-0.39, 0.29) is 24.2 Å². The van der Waals surface area contributed by atoms with E-state index < -0.39 is 12.3 Å². The number of benzene rings is 3. The zero-order valence-electron chi connectivity index (χ0n) is 18.4. The average molecular weight is 461 g/mol. The van der Waals surface area contributed by atoms with E-state index >= 15 is 0 Å². The fraction of sp³-hybridized carbons (Fsp3) is 0.231. The number of fused-ring (bicyclic) bond motifs is 1. The summed E-state index contributed by atoms with van der Waals surface area (Å²) in [5.41, 5.74) is 2.94. The smallest absolute Gasteiger partial charge is 0.407 e. The Balaban J connectivity index is 1.30. The summed E-state index contributed by atoms with van der Waals surface area (Å²) in [5.74, 6) is 0.284. The van der Waals surface area contributed by atoms with Crippen LogP contribution in [0.15, 0.2) is 77.8 Å². The molecule has 0 radical (unpaired) electrons. The zero-order valence-corrected chi connectivity index (χ0v) is 18.4. The van der Waals surface area contributed by atoms with Crippen molar-refractivity contribution in [2.75, 3.05) is 18.4 Å². The third-order valence-electron chi connectivity index (χ3n) is 6.06. The number of phenols is 1. The molecule has 7 nitrogen and oxygen atoms in total. The number of rotatable bonds is 5. The molecule has 1 unspecified atom stereocenters. The van der Waals surface area contributed by atoms with Gasteiger partial charge in [-0.3, -0.25) is 4.90 Å². The Labute approximate surface area is 196 Å². The van der Waals surface area contributed by atoms with Gasteiger partial charge in [-0.25, -0.2) is 14.2 Å². The van der Waals surface area contributed by atoms with Gasteiger partial charge in [-0.15, -0.1) is 0 Å². The Morgan fingerprint density at radius 3 is 2.76 bits per heavy atom. The number of amidine groups is 1. The highest BCUT2D eigenvalue weighted by atomic mass is 19.1. The lowest BCUT2D eigenvalue weighted by Gasteiger charge is -2.31. The summed E-state index contributed by atoms with van der Waals surface area (Å²) in [6.45, 7) is 1.42. The maximum atomic E-state index is 14.1. The van der Waals surface area contributed by atoms with Crippen LogP contribution in [0.2, 0.25) is 0 Å². The molecule has 5 rings (SSSR count). The minimum absolute atomic E-state index is 0.111.